The molecule has 0 fully saturated rings. The third-order valence-corrected chi connectivity index (χ3v) is 2.90. The maximum atomic E-state index is 10.9. The SMILES string of the molecule is COCCC(C)(O)CNc1ccc(Cl)cc1[N+](=O)[O-]. The summed E-state index contributed by atoms with van der Waals surface area (Å²) in [4.78, 5) is 10.4. The predicted octanol–water partition coefficient (Wildman–Crippen LogP) is 2.45. The van der Waals surface area contributed by atoms with Crippen LogP contribution in [-0.2, 0) is 4.74 Å². The van der Waals surface area contributed by atoms with E-state index in [0.29, 0.717) is 23.7 Å². The van der Waals surface area contributed by atoms with E-state index in [4.69, 9.17) is 16.3 Å². The smallest absolute Gasteiger partial charge is 0.293 e. The maximum Gasteiger partial charge on any atom is 0.293 e. The number of halogens is 1. The molecule has 1 atom stereocenters. The summed E-state index contributed by atoms with van der Waals surface area (Å²) in [5.74, 6) is 0. The normalized spacial score (nSPS) is 13.9. The van der Waals surface area contributed by atoms with Crippen LogP contribution in [0.3, 0.4) is 0 Å². The zero-order valence-corrected chi connectivity index (χ0v) is 11.6. The van der Waals surface area contributed by atoms with Crippen molar-refractivity contribution in [2.75, 3.05) is 25.6 Å². The third-order valence-electron chi connectivity index (χ3n) is 2.66. The molecule has 0 bridgehead atoms. The molecule has 0 radical (unpaired) electrons. The molecule has 1 aromatic rings. The van der Waals surface area contributed by atoms with Gasteiger partial charge in [-0.1, -0.05) is 11.6 Å². The van der Waals surface area contributed by atoms with Crippen molar-refractivity contribution in [3.63, 3.8) is 0 Å². The first kappa shape index (κ1) is 15.7. The van der Waals surface area contributed by atoms with Crippen molar-refractivity contribution in [2.24, 2.45) is 0 Å². The number of hydrogen-bond donors (Lipinski definition) is 2. The monoisotopic (exact) mass is 288 g/mol. The lowest BCUT2D eigenvalue weighted by atomic mass is 10.0. The highest BCUT2D eigenvalue weighted by Gasteiger charge is 2.22. The summed E-state index contributed by atoms with van der Waals surface area (Å²) in [5.41, 5.74) is -0.800. The Morgan fingerprint density at radius 3 is 2.84 bits per heavy atom. The van der Waals surface area contributed by atoms with Crippen LogP contribution in [0.1, 0.15) is 13.3 Å². The quantitative estimate of drug-likeness (QED) is 0.594. The number of anilines is 1. The van der Waals surface area contributed by atoms with Gasteiger partial charge in [-0.25, -0.2) is 0 Å². The van der Waals surface area contributed by atoms with Crippen molar-refractivity contribution in [3.8, 4) is 0 Å². The fourth-order valence-corrected chi connectivity index (χ4v) is 1.67. The zero-order valence-electron chi connectivity index (χ0n) is 10.9. The first-order valence-corrected chi connectivity index (χ1v) is 6.12. The lowest BCUT2D eigenvalue weighted by molar-refractivity contribution is -0.383. The Hall–Kier alpha value is -1.37. The molecule has 7 heteroatoms. The molecule has 0 aliphatic rings. The maximum absolute atomic E-state index is 10.9. The van der Waals surface area contributed by atoms with Crippen LogP contribution in [0.25, 0.3) is 0 Å². The fraction of sp³-hybridized carbons (Fsp3) is 0.500. The number of ether oxygens (including phenoxy) is 1. The molecule has 0 aliphatic heterocycles. The van der Waals surface area contributed by atoms with Gasteiger partial charge in [-0.15, -0.1) is 0 Å². The van der Waals surface area contributed by atoms with Crippen molar-refractivity contribution in [3.05, 3.63) is 33.3 Å². The standard InChI is InChI=1S/C12H17ClN2O4/c1-12(16,5-6-19-2)8-14-10-4-3-9(13)7-11(10)15(17)18/h3-4,7,14,16H,5-6,8H2,1-2H3. The van der Waals surface area contributed by atoms with Gasteiger partial charge in [0.2, 0.25) is 0 Å². The van der Waals surface area contributed by atoms with Gasteiger partial charge in [0.15, 0.2) is 0 Å². The van der Waals surface area contributed by atoms with Gasteiger partial charge in [0.25, 0.3) is 5.69 Å². The molecule has 0 heterocycles. The highest BCUT2D eigenvalue weighted by molar-refractivity contribution is 6.30. The summed E-state index contributed by atoms with van der Waals surface area (Å²) in [6, 6.07) is 4.35. The number of nitro groups is 1. The predicted molar refractivity (Wildman–Crippen MR) is 73.7 cm³/mol. The van der Waals surface area contributed by atoms with E-state index in [1.165, 1.54) is 12.1 Å². The van der Waals surface area contributed by atoms with Gasteiger partial charge in [0.05, 0.1) is 10.5 Å². The van der Waals surface area contributed by atoms with Crippen LogP contribution in [0.5, 0.6) is 0 Å². The van der Waals surface area contributed by atoms with Gasteiger partial charge < -0.3 is 15.2 Å². The minimum atomic E-state index is -1.01. The minimum Gasteiger partial charge on any atom is -0.388 e. The highest BCUT2D eigenvalue weighted by atomic mass is 35.5. The van der Waals surface area contributed by atoms with Crippen LogP contribution >= 0.6 is 11.6 Å². The Bertz CT molecular complexity index is 451. The average Bonchev–Trinajstić information content (AvgIpc) is 2.35. The van der Waals surface area contributed by atoms with Gasteiger partial charge in [0.1, 0.15) is 5.69 Å². The van der Waals surface area contributed by atoms with E-state index >= 15 is 0 Å². The Labute approximate surface area is 116 Å². The van der Waals surface area contributed by atoms with Crippen molar-refractivity contribution in [2.45, 2.75) is 18.9 Å². The summed E-state index contributed by atoms with van der Waals surface area (Å²) in [6.45, 7) is 2.23. The average molecular weight is 289 g/mol. The second-order valence-corrected chi connectivity index (χ2v) is 4.95. The Kier molecular flexibility index (Phi) is 5.53. The van der Waals surface area contributed by atoms with E-state index in [1.807, 2.05) is 0 Å². The molecular weight excluding hydrogens is 272 g/mol. The van der Waals surface area contributed by atoms with Crippen molar-refractivity contribution in [1.29, 1.82) is 0 Å². The van der Waals surface area contributed by atoms with Crippen LogP contribution in [0.2, 0.25) is 5.02 Å². The van der Waals surface area contributed by atoms with Gasteiger partial charge in [0, 0.05) is 37.8 Å². The number of aliphatic hydroxyl groups is 1. The number of nitrogens with zero attached hydrogens (tertiary/aromatic N) is 1. The second-order valence-electron chi connectivity index (χ2n) is 4.51. The third kappa shape index (κ3) is 5.02. The van der Waals surface area contributed by atoms with E-state index < -0.39 is 10.5 Å². The first-order valence-electron chi connectivity index (χ1n) is 5.75. The Morgan fingerprint density at radius 1 is 1.58 bits per heavy atom. The second kappa shape index (κ2) is 6.70. The number of nitro benzene ring substituents is 1. The van der Waals surface area contributed by atoms with Crippen LogP contribution in [0.4, 0.5) is 11.4 Å². The number of hydrogen-bond acceptors (Lipinski definition) is 5. The van der Waals surface area contributed by atoms with E-state index in [0.717, 1.165) is 0 Å². The lowest BCUT2D eigenvalue weighted by Crippen LogP contribution is -2.34. The van der Waals surface area contributed by atoms with Crippen LogP contribution in [0, 0.1) is 10.1 Å². The van der Waals surface area contributed by atoms with Crippen molar-refractivity contribution in [1.82, 2.24) is 0 Å². The molecule has 2 N–H and O–H groups in total. The zero-order chi connectivity index (χ0) is 14.5. The van der Waals surface area contributed by atoms with Gasteiger partial charge >= 0.3 is 0 Å². The lowest BCUT2D eigenvalue weighted by Gasteiger charge is -2.23. The molecule has 0 saturated heterocycles. The van der Waals surface area contributed by atoms with Crippen LogP contribution in [-0.4, -0.2) is 35.9 Å². The number of benzene rings is 1. The van der Waals surface area contributed by atoms with Crippen molar-refractivity contribution >= 4 is 23.0 Å². The molecular formula is C12H17ClN2O4. The van der Waals surface area contributed by atoms with E-state index in [2.05, 4.69) is 5.32 Å². The summed E-state index contributed by atoms with van der Waals surface area (Å²) in [7, 11) is 1.55. The summed E-state index contributed by atoms with van der Waals surface area (Å²) in [5, 5.41) is 24.1. The molecule has 106 valence electrons. The van der Waals surface area contributed by atoms with E-state index in [1.54, 1.807) is 20.1 Å². The van der Waals surface area contributed by atoms with Crippen LogP contribution in [0.15, 0.2) is 18.2 Å². The largest absolute Gasteiger partial charge is 0.388 e. The Balaban J connectivity index is 2.75. The molecule has 19 heavy (non-hydrogen) atoms. The number of nitrogens with one attached hydrogen (secondary N) is 1. The molecule has 0 saturated carbocycles. The minimum absolute atomic E-state index is 0.116. The van der Waals surface area contributed by atoms with Gasteiger partial charge in [-0.2, -0.15) is 0 Å². The highest BCUT2D eigenvalue weighted by Crippen LogP contribution is 2.28. The molecule has 1 rings (SSSR count). The molecule has 0 amide bonds. The molecule has 1 aromatic carbocycles. The summed E-state index contributed by atoms with van der Waals surface area (Å²) >= 11 is 5.72. The summed E-state index contributed by atoms with van der Waals surface area (Å²) in [6.07, 6.45) is 0.428. The molecule has 1 unspecified atom stereocenters. The Morgan fingerprint density at radius 2 is 2.26 bits per heavy atom. The molecule has 0 spiro atoms. The first-order chi connectivity index (χ1) is 8.85. The van der Waals surface area contributed by atoms with E-state index in [-0.39, 0.29) is 12.2 Å². The van der Waals surface area contributed by atoms with Crippen LogP contribution < -0.4 is 5.32 Å². The fourth-order valence-electron chi connectivity index (χ4n) is 1.50. The molecule has 0 aromatic heterocycles. The number of methoxy groups -OCH3 is 1. The molecule has 6 nitrogen and oxygen atoms in total. The summed E-state index contributed by atoms with van der Waals surface area (Å²) < 4.78 is 4.89. The van der Waals surface area contributed by atoms with Gasteiger partial charge in [-0.3, -0.25) is 10.1 Å². The molecule has 0 aliphatic carbocycles. The topological polar surface area (TPSA) is 84.6 Å². The van der Waals surface area contributed by atoms with Crippen molar-refractivity contribution < 1.29 is 14.8 Å². The van der Waals surface area contributed by atoms with E-state index in [9.17, 15) is 15.2 Å². The van der Waals surface area contributed by atoms with Gasteiger partial charge in [-0.05, 0) is 19.1 Å². The number of rotatable bonds is 7.